The summed E-state index contributed by atoms with van der Waals surface area (Å²) in [6, 6.07) is 6.27. The smallest absolute Gasteiger partial charge is 0.404 e. The fourth-order valence-corrected chi connectivity index (χ4v) is 1.71. The number of carbonyl (C=O) groups excluding carboxylic acids is 1. The molecule has 0 spiro atoms. The molecule has 0 saturated heterocycles. The molecular weight excluding hydrogens is 282 g/mol. The first-order valence-electron chi connectivity index (χ1n) is 4.74. The summed E-state index contributed by atoms with van der Waals surface area (Å²) in [6.07, 6.45) is -0.711. The number of hydrogen-bond acceptors (Lipinski definition) is 4. The highest BCUT2D eigenvalue weighted by Crippen LogP contribution is 2.12. The largest absolute Gasteiger partial charge is 0.450 e. The number of carbonyl (C=O) groups is 1. The molecule has 0 heterocycles. The highest BCUT2D eigenvalue weighted by molar-refractivity contribution is 7.85. The summed E-state index contributed by atoms with van der Waals surface area (Å²) in [7, 11) is -4.03. The number of ether oxygens (including phenoxy) is 1. The molecular formula is C10H16ClNO5S. The van der Waals surface area contributed by atoms with Crippen molar-refractivity contribution >= 4 is 28.6 Å². The van der Waals surface area contributed by atoms with Gasteiger partial charge in [-0.15, -0.1) is 12.4 Å². The van der Waals surface area contributed by atoms with Crippen molar-refractivity contribution in [3.63, 3.8) is 0 Å². The van der Waals surface area contributed by atoms with Crippen LogP contribution in [0.3, 0.4) is 0 Å². The van der Waals surface area contributed by atoms with Gasteiger partial charge in [0, 0.05) is 0 Å². The van der Waals surface area contributed by atoms with Crippen LogP contribution in [0, 0.1) is 6.92 Å². The molecule has 104 valence electrons. The zero-order valence-corrected chi connectivity index (χ0v) is 11.6. The van der Waals surface area contributed by atoms with E-state index in [9.17, 15) is 13.2 Å². The van der Waals surface area contributed by atoms with Crippen LogP contribution in [-0.2, 0) is 14.9 Å². The Morgan fingerprint density at radius 1 is 1.39 bits per heavy atom. The lowest BCUT2D eigenvalue weighted by Crippen LogP contribution is -2.11. The molecule has 0 aliphatic heterocycles. The van der Waals surface area contributed by atoms with Crippen LogP contribution >= 0.6 is 12.4 Å². The number of hydrogen-bond donors (Lipinski definition) is 2. The summed E-state index contributed by atoms with van der Waals surface area (Å²) in [5.41, 5.74) is 5.09. The van der Waals surface area contributed by atoms with Crippen LogP contribution in [0.25, 0.3) is 0 Å². The third-order valence-electron chi connectivity index (χ3n) is 1.66. The third kappa shape index (κ3) is 7.88. The average Bonchev–Trinajstić information content (AvgIpc) is 2.17. The van der Waals surface area contributed by atoms with Crippen molar-refractivity contribution in [2.45, 2.75) is 18.7 Å². The average molecular weight is 298 g/mol. The van der Waals surface area contributed by atoms with Gasteiger partial charge in [-0.05, 0) is 25.5 Å². The highest BCUT2D eigenvalue weighted by atomic mass is 35.5. The van der Waals surface area contributed by atoms with Crippen molar-refractivity contribution in [2.24, 2.45) is 5.73 Å². The number of nitrogens with two attached hydrogens (primary N) is 1. The molecule has 1 amide bonds. The highest BCUT2D eigenvalue weighted by Gasteiger charge is 2.10. The summed E-state index contributed by atoms with van der Waals surface area (Å²) in [5, 5.41) is 0. The maximum atomic E-state index is 10.6. The van der Waals surface area contributed by atoms with Gasteiger partial charge in [0.25, 0.3) is 10.1 Å². The molecule has 0 unspecified atom stereocenters. The Bertz CT molecular complexity index is 475. The lowest BCUT2D eigenvalue weighted by molar-refractivity contribution is 0.163. The normalized spacial score (nSPS) is 9.50. The SMILES string of the molecule is CCOC(N)=O.Cc1ccccc1S(=O)(=O)O.Cl. The van der Waals surface area contributed by atoms with E-state index in [0.717, 1.165) is 0 Å². The zero-order chi connectivity index (χ0) is 13.5. The van der Waals surface area contributed by atoms with Crippen molar-refractivity contribution in [2.75, 3.05) is 6.61 Å². The van der Waals surface area contributed by atoms with Gasteiger partial charge >= 0.3 is 6.09 Å². The Balaban J connectivity index is 0. The van der Waals surface area contributed by atoms with E-state index < -0.39 is 16.2 Å². The van der Waals surface area contributed by atoms with E-state index in [1.807, 2.05) is 0 Å². The number of rotatable bonds is 2. The van der Waals surface area contributed by atoms with Crippen LogP contribution in [-0.4, -0.2) is 25.7 Å². The van der Waals surface area contributed by atoms with Gasteiger partial charge in [0.15, 0.2) is 0 Å². The van der Waals surface area contributed by atoms with Gasteiger partial charge in [0.05, 0.1) is 11.5 Å². The lowest BCUT2D eigenvalue weighted by Gasteiger charge is -1.99. The minimum Gasteiger partial charge on any atom is -0.450 e. The molecule has 8 heteroatoms. The molecule has 0 saturated carbocycles. The lowest BCUT2D eigenvalue weighted by atomic mass is 10.2. The number of amides is 1. The molecule has 1 aromatic carbocycles. The van der Waals surface area contributed by atoms with E-state index in [2.05, 4.69) is 10.5 Å². The second-order valence-corrected chi connectivity index (χ2v) is 4.38. The minimum absolute atomic E-state index is 0. The second kappa shape index (κ2) is 8.73. The van der Waals surface area contributed by atoms with Gasteiger partial charge in [-0.25, -0.2) is 4.79 Å². The summed E-state index contributed by atoms with van der Waals surface area (Å²) >= 11 is 0. The number of halogens is 1. The van der Waals surface area contributed by atoms with E-state index >= 15 is 0 Å². The molecule has 0 aliphatic rings. The van der Waals surface area contributed by atoms with Crippen LogP contribution in [0.1, 0.15) is 12.5 Å². The van der Waals surface area contributed by atoms with Crippen molar-refractivity contribution in [1.29, 1.82) is 0 Å². The summed E-state index contributed by atoms with van der Waals surface area (Å²) in [6.45, 7) is 3.68. The summed E-state index contributed by atoms with van der Waals surface area (Å²) in [4.78, 5) is 9.57. The number of primary amides is 1. The first-order valence-corrected chi connectivity index (χ1v) is 6.18. The Hall–Kier alpha value is -1.31. The van der Waals surface area contributed by atoms with Crippen molar-refractivity contribution in [3.8, 4) is 0 Å². The molecule has 3 N–H and O–H groups in total. The number of benzene rings is 1. The maximum Gasteiger partial charge on any atom is 0.404 e. The molecule has 18 heavy (non-hydrogen) atoms. The maximum absolute atomic E-state index is 10.6. The standard InChI is InChI=1S/C7H8O3S.C3H7NO2.ClH/c1-6-4-2-3-5-7(6)11(8,9)10;1-2-6-3(4)5;/h2-5H,1H3,(H,8,9,10);2H2,1H3,(H2,4,5);1H. The molecule has 0 atom stereocenters. The Kier molecular flexibility index (Phi) is 9.24. The molecule has 6 nitrogen and oxygen atoms in total. The first kappa shape index (κ1) is 19.0. The summed E-state index contributed by atoms with van der Waals surface area (Å²) in [5.74, 6) is 0. The quantitative estimate of drug-likeness (QED) is 0.809. The Morgan fingerprint density at radius 3 is 2.11 bits per heavy atom. The molecule has 0 aliphatic carbocycles. The molecule has 0 aromatic heterocycles. The van der Waals surface area contributed by atoms with Crippen LogP contribution in [0.4, 0.5) is 4.79 Å². The fourth-order valence-electron chi connectivity index (χ4n) is 0.988. The third-order valence-corrected chi connectivity index (χ3v) is 2.67. The Labute approximate surface area is 112 Å². The first-order chi connectivity index (χ1) is 7.79. The van der Waals surface area contributed by atoms with E-state index in [1.165, 1.54) is 6.07 Å². The van der Waals surface area contributed by atoms with E-state index in [1.54, 1.807) is 32.0 Å². The van der Waals surface area contributed by atoms with Gasteiger partial charge in [0.1, 0.15) is 0 Å². The van der Waals surface area contributed by atoms with Gasteiger partial charge in [-0.3, -0.25) is 4.55 Å². The van der Waals surface area contributed by atoms with E-state index in [4.69, 9.17) is 4.55 Å². The van der Waals surface area contributed by atoms with E-state index in [0.29, 0.717) is 12.2 Å². The van der Waals surface area contributed by atoms with E-state index in [-0.39, 0.29) is 17.3 Å². The fraction of sp³-hybridized carbons (Fsp3) is 0.300. The van der Waals surface area contributed by atoms with Gasteiger partial charge in [-0.2, -0.15) is 8.42 Å². The monoisotopic (exact) mass is 297 g/mol. The minimum atomic E-state index is -4.03. The van der Waals surface area contributed by atoms with Gasteiger partial charge in [-0.1, -0.05) is 18.2 Å². The topological polar surface area (TPSA) is 107 Å². The molecule has 1 aromatic rings. The molecule has 0 fully saturated rings. The zero-order valence-electron chi connectivity index (χ0n) is 9.99. The number of aryl methyl sites for hydroxylation is 1. The van der Waals surface area contributed by atoms with Crippen LogP contribution in [0.5, 0.6) is 0 Å². The van der Waals surface area contributed by atoms with Gasteiger partial charge in [0.2, 0.25) is 0 Å². The van der Waals surface area contributed by atoms with Crippen molar-refractivity contribution < 1.29 is 22.5 Å². The predicted molar refractivity (Wildman–Crippen MR) is 69.5 cm³/mol. The van der Waals surface area contributed by atoms with Crippen molar-refractivity contribution in [1.82, 2.24) is 0 Å². The van der Waals surface area contributed by atoms with Crippen LogP contribution in [0.2, 0.25) is 0 Å². The van der Waals surface area contributed by atoms with Crippen LogP contribution < -0.4 is 5.73 Å². The molecule has 0 radical (unpaired) electrons. The summed E-state index contributed by atoms with van der Waals surface area (Å²) < 4.78 is 34.0. The second-order valence-electron chi connectivity index (χ2n) is 2.99. The Morgan fingerprint density at radius 2 is 1.89 bits per heavy atom. The van der Waals surface area contributed by atoms with Gasteiger partial charge < -0.3 is 10.5 Å². The molecule has 0 bridgehead atoms. The van der Waals surface area contributed by atoms with Crippen molar-refractivity contribution in [3.05, 3.63) is 29.8 Å². The molecule has 1 rings (SSSR count). The van der Waals surface area contributed by atoms with Crippen LogP contribution in [0.15, 0.2) is 29.2 Å². The predicted octanol–water partition coefficient (Wildman–Crippen LogP) is 1.77.